The van der Waals surface area contributed by atoms with Gasteiger partial charge in [0.25, 0.3) is 5.56 Å². The van der Waals surface area contributed by atoms with Gasteiger partial charge < -0.3 is 11.1 Å². The van der Waals surface area contributed by atoms with E-state index in [1.54, 1.807) is 18.2 Å². The van der Waals surface area contributed by atoms with Crippen molar-refractivity contribution in [2.75, 3.05) is 18.8 Å². The SMILES string of the molecule is NCCCCCCNC(=O)CSc1nc2ccccc2c(=O)n1-c1ccc(F)cc1. The van der Waals surface area contributed by atoms with E-state index < -0.39 is 0 Å². The van der Waals surface area contributed by atoms with Gasteiger partial charge in [0.15, 0.2) is 5.16 Å². The van der Waals surface area contributed by atoms with Crippen LogP contribution < -0.4 is 16.6 Å². The fourth-order valence-electron chi connectivity index (χ4n) is 3.06. The predicted octanol–water partition coefficient (Wildman–Crippen LogP) is 3.25. The molecule has 6 nitrogen and oxygen atoms in total. The smallest absolute Gasteiger partial charge is 0.266 e. The van der Waals surface area contributed by atoms with E-state index in [1.807, 2.05) is 6.07 Å². The maximum atomic E-state index is 13.4. The highest BCUT2D eigenvalue weighted by molar-refractivity contribution is 7.99. The lowest BCUT2D eigenvalue weighted by Crippen LogP contribution is -2.27. The molecular formula is C22H25FN4O2S. The van der Waals surface area contributed by atoms with E-state index in [0.717, 1.165) is 25.7 Å². The molecule has 30 heavy (non-hydrogen) atoms. The number of rotatable bonds is 10. The van der Waals surface area contributed by atoms with Crippen molar-refractivity contribution in [1.82, 2.24) is 14.9 Å². The Labute approximate surface area is 178 Å². The van der Waals surface area contributed by atoms with E-state index in [4.69, 9.17) is 5.73 Å². The molecule has 3 N–H and O–H groups in total. The van der Waals surface area contributed by atoms with Gasteiger partial charge in [-0.15, -0.1) is 0 Å². The fraction of sp³-hybridized carbons (Fsp3) is 0.318. The van der Waals surface area contributed by atoms with E-state index in [2.05, 4.69) is 10.3 Å². The second-order valence-corrected chi connectivity index (χ2v) is 7.81. The Hall–Kier alpha value is -2.71. The molecule has 158 valence electrons. The number of para-hydroxylation sites is 1. The molecule has 0 bridgehead atoms. The normalized spacial score (nSPS) is 11.0. The van der Waals surface area contributed by atoms with Gasteiger partial charge in [0.1, 0.15) is 5.82 Å². The number of unbranched alkanes of at least 4 members (excludes halogenated alkanes) is 3. The van der Waals surface area contributed by atoms with Crippen molar-refractivity contribution >= 4 is 28.6 Å². The largest absolute Gasteiger partial charge is 0.355 e. The van der Waals surface area contributed by atoms with Gasteiger partial charge in [0.2, 0.25) is 5.91 Å². The molecule has 0 aliphatic heterocycles. The zero-order chi connectivity index (χ0) is 21.3. The van der Waals surface area contributed by atoms with Gasteiger partial charge in [-0.25, -0.2) is 9.37 Å². The molecule has 0 saturated heterocycles. The highest BCUT2D eigenvalue weighted by Gasteiger charge is 2.14. The van der Waals surface area contributed by atoms with Crippen LogP contribution in [0.4, 0.5) is 4.39 Å². The van der Waals surface area contributed by atoms with Gasteiger partial charge >= 0.3 is 0 Å². The minimum atomic E-state index is -0.388. The third kappa shape index (κ3) is 5.67. The summed E-state index contributed by atoms with van der Waals surface area (Å²) in [6.45, 7) is 1.30. The lowest BCUT2D eigenvalue weighted by molar-refractivity contribution is -0.118. The quantitative estimate of drug-likeness (QED) is 0.294. The van der Waals surface area contributed by atoms with Gasteiger partial charge in [-0.1, -0.05) is 36.7 Å². The fourth-order valence-corrected chi connectivity index (χ4v) is 3.90. The maximum absolute atomic E-state index is 13.4. The molecule has 8 heteroatoms. The first-order chi connectivity index (χ1) is 14.6. The van der Waals surface area contributed by atoms with E-state index in [0.29, 0.717) is 34.8 Å². The molecule has 0 radical (unpaired) electrons. The van der Waals surface area contributed by atoms with Crippen LogP contribution >= 0.6 is 11.8 Å². The van der Waals surface area contributed by atoms with Crippen molar-refractivity contribution in [2.24, 2.45) is 5.73 Å². The first-order valence-electron chi connectivity index (χ1n) is 9.97. The molecular weight excluding hydrogens is 403 g/mol. The minimum Gasteiger partial charge on any atom is -0.355 e. The molecule has 1 amide bonds. The second-order valence-electron chi connectivity index (χ2n) is 6.87. The number of amides is 1. The number of nitrogens with one attached hydrogen (secondary N) is 1. The maximum Gasteiger partial charge on any atom is 0.266 e. The van der Waals surface area contributed by atoms with Crippen LogP contribution in [0, 0.1) is 5.82 Å². The first kappa shape index (κ1) is 22.0. The summed E-state index contributed by atoms with van der Waals surface area (Å²) in [5.74, 6) is -0.373. The number of hydrogen-bond donors (Lipinski definition) is 2. The highest BCUT2D eigenvalue weighted by atomic mass is 32.2. The van der Waals surface area contributed by atoms with Crippen LogP contribution in [0.15, 0.2) is 58.5 Å². The van der Waals surface area contributed by atoms with Gasteiger partial charge in [-0.2, -0.15) is 0 Å². The summed E-state index contributed by atoms with van der Waals surface area (Å²) in [6, 6.07) is 12.7. The van der Waals surface area contributed by atoms with Gasteiger partial charge in [-0.3, -0.25) is 14.2 Å². The summed E-state index contributed by atoms with van der Waals surface area (Å²) in [5.41, 5.74) is 6.28. The Morgan fingerprint density at radius 3 is 2.57 bits per heavy atom. The van der Waals surface area contributed by atoms with Crippen LogP contribution in [0.1, 0.15) is 25.7 Å². The van der Waals surface area contributed by atoms with Crippen LogP contribution in [0.25, 0.3) is 16.6 Å². The van der Waals surface area contributed by atoms with E-state index >= 15 is 0 Å². The Balaban J connectivity index is 1.76. The molecule has 0 fully saturated rings. The van der Waals surface area contributed by atoms with E-state index in [-0.39, 0.29) is 23.0 Å². The summed E-state index contributed by atoms with van der Waals surface area (Å²) >= 11 is 1.18. The average molecular weight is 429 g/mol. The number of carbonyl (C=O) groups excluding carboxylic acids is 1. The van der Waals surface area contributed by atoms with Crippen molar-refractivity contribution in [3.8, 4) is 5.69 Å². The number of halogens is 1. The number of fused-ring (bicyclic) bond motifs is 1. The number of nitrogens with two attached hydrogens (primary N) is 1. The number of carbonyl (C=O) groups is 1. The standard InChI is InChI=1S/C22H25FN4O2S/c23-16-9-11-17(12-10-16)27-21(29)18-7-3-4-8-19(18)26-22(27)30-15-20(28)25-14-6-2-1-5-13-24/h3-4,7-12H,1-2,5-6,13-15,24H2,(H,25,28). The Bertz CT molecular complexity index is 1050. The summed E-state index contributed by atoms with van der Waals surface area (Å²) in [4.78, 5) is 29.9. The van der Waals surface area contributed by atoms with Crippen molar-refractivity contribution in [3.63, 3.8) is 0 Å². The zero-order valence-electron chi connectivity index (χ0n) is 16.6. The van der Waals surface area contributed by atoms with Gasteiger partial charge in [0, 0.05) is 6.54 Å². The van der Waals surface area contributed by atoms with Crippen LogP contribution in [0.2, 0.25) is 0 Å². The summed E-state index contributed by atoms with van der Waals surface area (Å²) in [5, 5.41) is 3.75. The summed E-state index contributed by atoms with van der Waals surface area (Å²) in [6.07, 6.45) is 4.00. The molecule has 0 spiro atoms. The zero-order valence-corrected chi connectivity index (χ0v) is 17.5. The van der Waals surface area contributed by atoms with Crippen LogP contribution in [-0.4, -0.2) is 34.3 Å². The Kier molecular flexibility index (Phi) is 7.98. The number of benzene rings is 2. The van der Waals surface area contributed by atoms with Crippen LogP contribution in [0.5, 0.6) is 0 Å². The molecule has 3 aromatic rings. The number of aromatic nitrogens is 2. The van der Waals surface area contributed by atoms with Gasteiger partial charge in [-0.05, 0) is 55.8 Å². The lowest BCUT2D eigenvalue weighted by Gasteiger charge is -2.13. The van der Waals surface area contributed by atoms with Crippen molar-refractivity contribution in [1.29, 1.82) is 0 Å². The topological polar surface area (TPSA) is 90.0 Å². The van der Waals surface area contributed by atoms with Crippen LogP contribution in [0.3, 0.4) is 0 Å². The minimum absolute atomic E-state index is 0.119. The Morgan fingerprint density at radius 1 is 1.07 bits per heavy atom. The summed E-state index contributed by atoms with van der Waals surface area (Å²) < 4.78 is 14.8. The second kappa shape index (κ2) is 10.9. The van der Waals surface area contributed by atoms with Crippen molar-refractivity contribution in [3.05, 3.63) is 64.7 Å². The molecule has 0 aliphatic carbocycles. The highest BCUT2D eigenvalue weighted by Crippen LogP contribution is 2.21. The predicted molar refractivity (Wildman–Crippen MR) is 119 cm³/mol. The first-order valence-corrected chi connectivity index (χ1v) is 11.0. The van der Waals surface area contributed by atoms with Crippen LogP contribution in [-0.2, 0) is 4.79 Å². The van der Waals surface area contributed by atoms with Crippen molar-refractivity contribution in [2.45, 2.75) is 30.8 Å². The molecule has 1 aromatic heterocycles. The molecule has 0 aliphatic rings. The molecule has 2 aromatic carbocycles. The third-order valence-corrected chi connectivity index (χ3v) is 5.55. The van der Waals surface area contributed by atoms with Crippen molar-refractivity contribution < 1.29 is 9.18 Å². The molecule has 0 saturated carbocycles. The lowest BCUT2D eigenvalue weighted by atomic mass is 10.2. The third-order valence-electron chi connectivity index (χ3n) is 4.62. The number of thioether (sulfide) groups is 1. The number of nitrogens with zero attached hydrogens (tertiary/aromatic N) is 2. The van der Waals surface area contributed by atoms with E-state index in [1.165, 1.54) is 40.6 Å². The summed E-state index contributed by atoms with van der Waals surface area (Å²) in [7, 11) is 0. The molecule has 1 heterocycles. The Morgan fingerprint density at radius 2 is 1.80 bits per heavy atom. The van der Waals surface area contributed by atoms with Gasteiger partial charge in [0.05, 0.1) is 22.3 Å². The molecule has 3 rings (SSSR count). The van der Waals surface area contributed by atoms with E-state index in [9.17, 15) is 14.0 Å². The average Bonchev–Trinajstić information content (AvgIpc) is 2.76. The molecule has 0 atom stereocenters. The monoisotopic (exact) mass is 428 g/mol. The number of hydrogen-bond acceptors (Lipinski definition) is 5. The molecule has 0 unspecified atom stereocenters.